The van der Waals surface area contributed by atoms with E-state index in [1.807, 2.05) is 24.3 Å². The van der Waals surface area contributed by atoms with Gasteiger partial charge in [0.15, 0.2) is 0 Å². The Bertz CT molecular complexity index is 1660. The average molecular weight is 805 g/mol. The molecule has 3 nitrogen and oxygen atoms in total. The van der Waals surface area contributed by atoms with Gasteiger partial charge in [0, 0.05) is 25.6 Å². The fraction of sp³-hybridized carbons (Fsp3) is 0.467. The van der Waals surface area contributed by atoms with E-state index in [1.54, 1.807) is 0 Å². The SMILES string of the molecule is CC(C)CCCC(C)CCOc1cccc(-c2cc(OCCC(C)CCCC(C)C)ccc2C2(O)c3cc(Br)ccc3-c3ccc(Br)cc32)c1. The Hall–Kier alpha value is -2.60. The highest BCUT2D eigenvalue weighted by Gasteiger charge is 2.45. The minimum Gasteiger partial charge on any atom is -0.494 e. The molecule has 4 aromatic carbocycles. The molecule has 0 aromatic heterocycles. The van der Waals surface area contributed by atoms with Crippen molar-refractivity contribution in [3.8, 4) is 33.8 Å². The van der Waals surface area contributed by atoms with Crippen molar-refractivity contribution in [3.63, 3.8) is 0 Å². The van der Waals surface area contributed by atoms with E-state index in [9.17, 15) is 5.11 Å². The number of rotatable bonds is 18. The Balaban J connectivity index is 1.46. The molecule has 0 amide bonds. The molecule has 0 heterocycles. The lowest BCUT2D eigenvalue weighted by Gasteiger charge is -2.30. The Morgan fingerprint density at radius 2 is 1.06 bits per heavy atom. The Kier molecular flexibility index (Phi) is 13.7. The molecule has 0 saturated carbocycles. The predicted molar refractivity (Wildman–Crippen MR) is 217 cm³/mol. The van der Waals surface area contributed by atoms with Crippen molar-refractivity contribution in [1.82, 2.24) is 0 Å². The van der Waals surface area contributed by atoms with Gasteiger partial charge in [-0.15, -0.1) is 0 Å². The zero-order valence-electron chi connectivity index (χ0n) is 30.9. The van der Waals surface area contributed by atoms with Gasteiger partial charge in [0.25, 0.3) is 0 Å². The lowest BCUT2D eigenvalue weighted by Crippen LogP contribution is -2.27. The standard InChI is InChI=1S/C45H56Br2O3/c1-30(2)10-7-12-32(5)22-24-49-37-15-9-14-34(26-37)41-29-38(50-25-23-33(6)13-8-11-31(3)4)18-21-42(41)45(48)43-27-35(46)16-19-39(43)40-20-17-36(47)28-44(40)45/h9,14-21,26-33,48H,7-8,10-13,22-25H2,1-6H3. The Morgan fingerprint density at radius 3 is 1.58 bits per heavy atom. The minimum absolute atomic E-state index is 0.614. The number of ether oxygens (including phenoxy) is 2. The monoisotopic (exact) mass is 802 g/mol. The van der Waals surface area contributed by atoms with Gasteiger partial charge in [0.05, 0.1) is 13.2 Å². The van der Waals surface area contributed by atoms with Crippen LogP contribution in [0.5, 0.6) is 11.5 Å². The zero-order valence-corrected chi connectivity index (χ0v) is 34.1. The maximum atomic E-state index is 13.1. The minimum atomic E-state index is -1.38. The van der Waals surface area contributed by atoms with Crippen molar-refractivity contribution in [3.05, 3.63) is 104 Å². The van der Waals surface area contributed by atoms with Crippen molar-refractivity contribution in [2.75, 3.05) is 13.2 Å². The highest BCUT2D eigenvalue weighted by molar-refractivity contribution is 9.10. The first-order valence-corrected chi connectivity index (χ1v) is 20.4. The summed E-state index contributed by atoms with van der Waals surface area (Å²) >= 11 is 7.39. The van der Waals surface area contributed by atoms with E-state index >= 15 is 0 Å². The molecule has 1 aliphatic carbocycles. The molecule has 0 spiro atoms. The summed E-state index contributed by atoms with van der Waals surface area (Å²) in [6.07, 6.45) is 9.61. The molecule has 5 heteroatoms. The molecule has 4 aromatic rings. The van der Waals surface area contributed by atoms with Gasteiger partial charge in [0.2, 0.25) is 0 Å². The second kappa shape index (κ2) is 17.8. The summed E-state index contributed by atoms with van der Waals surface area (Å²) in [7, 11) is 0. The van der Waals surface area contributed by atoms with E-state index in [-0.39, 0.29) is 0 Å². The number of benzene rings is 4. The van der Waals surface area contributed by atoms with Crippen LogP contribution in [0.2, 0.25) is 0 Å². The van der Waals surface area contributed by atoms with Crippen molar-refractivity contribution >= 4 is 31.9 Å². The lowest BCUT2D eigenvalue weighted by molar-refractivity contribution is 0.131. The van der Waals surface area contributed by atoms with Gasteiger partial charge in [-0.2, -0.15) is 0 Å². The van der Waals surface area contributed by atoms with E-state index in [0.29, 0.717) is 25.0 Å². The molecule has 1 aliphatic rings. The molecule has 2 unspecified atom stereocenters. The molecule has 1 N–H and O–H groups in total. The van der Waals surface area contributed by atoms with E-state index in [0.717, 1.165) is 84.1 Å². The van der Waals surface area contributed by atoms with Gasteiger partial charge in [0.1, 0.15) is 17.1 Å². The number of fused-ring (bicyclic) bond motifs is 3. The van der Waals surface area contributed by atoms with Crippen LogP contribution in [0.15, 0.2) is 87.8 Å². The highest BCUT2D eigenvalue weighted by Crippen LogP contribution is 2.54. The molecule has 0 radical (unpaired) electrons. The van der Waals surface area contributed by atoms with Gasteiger partial charge in [-0.25, -0.2) is 0 Å². The molecule has 5 rings (SSSR count). The number of hydrogen-bond acceptors (Lipinski definition) is 3. The molecule has 0 aliphatic heterocycles. The summed E-state index contributed by atoms with van der Waals surface area (Å²) in [6.45, 7) is 15.2. The van der Waals surface area contributed by atoms with E-state index in [2.05, 4.69) is 128 Å². The molecular weight excluding hydrogens is 748 g/mol. The van der Waals surface area contributed by atoms with Gasteiger partial charge >= 0.3 is 0 Å². The summed E-state index contributed by atoms with van der Waals surface area (Å²) in [5.41, 5.74) is 5.17. The van der Waals surface area contributed by atoms with Gasteiger partial charge < -0.3 is 14.6 Å². The van der Waals surface area contributed by atoms with Crippen LogP contribution >= 0.6 is 31.9 Å². The maximum Gasteiger partial charge on any atom is 0.142 e. The van der Waals surface area contributed by atoms with Gasteiger partial charge in [-0.05, 0) is 107 Å². The normalized spacial score (nSPS) is 14.5. The highest BCUT2D eigenvalue weighted by atomic mass is 79.9. The molecule has 2 atom stereocenters. The third-order valence-electron chi connectivity index (χ3n) is 10.3. The van der Waals surface area contributed by atoms with Crippen LogP contribution in [0.3, 0.4) is 0 Å². The first-order valence-electron chi connectivity index (χ1n) is 18.8. The van der Waals surface area contributed by atoms with Crippen LogP contribution < -0.4 is 9.47 Å². The third-order valence-corrected chi connectivity index (χ3v) is 11.3. The number of halogens is 2. The fourth-order valence-electron chi connectivity index (χ4n) is 7.25. The third kappa shape index (κ3) is 9.63. The lowest BCUT2D eigenvalue weighted by atomic mass is 9.80. The number of aliphatic hydroxyl groups is 1. The van der Waals surface area contributed by atoms with Crippen molar-refractivity contribution in [2.24, 2.45) is 23.7 Å². The van der Waals surface area contributed by atoms with Crippen LogP contribution in [0.25, 0.3) is 22.3 Å². The largest absolute Gasteiger partial charge is 0.494 e. The van der Waals surface area contributed by atoms with Crippen LogP contribution in [-0.2, 0) is 5.60 Å². The van der Waals surface area contributed by atoms with E-state index < -0.39 is 5.60 Å². The number of hydrogen-bond donors (Lipinski definition) is 1. The average Bonchev–Trinajstić information content (AvgIpc) is 3.31. The van der Waals surface area contributed by atoms with Gasteiger partial charge in [-0.3, -0.25) is 0 Å². The first kappa shape index (κ1) is 38.6. The van der Waals surface area contributed by atoms with Crippen LogP contribution in [0.4, 0.5) is 0 Å². The second-order valence-electron chi connectivity index (χ2n) is 15.5. The smallest absolute Gasteiger partial charge is 0.142 e. The van der Waals surface area contributed by atoms with Crippen molar-refractivity contribution in [2.45, 2.75) is 98.5 Å². The van der Waals surface area contributed by atoms with Crippen molar-refractivity contribution < 1.29 is 14.6 Å². The maximum absolute atomic E-state index is 13.1. The van der Waals surface area contributed by atoms with Crippen molar-refractivity contribution in [1.29, 1.82) is 0 Å². The molecule has 0 bridgehead atoms. The second-order valence-corrected chi connectivity index (χ2v) is 17.3. The zero-order chi connectivity index (χ0) is 35.8. The molecule has 268 valence electrons. The molecule has 0 saturated heterocycles. The first-order chi connectivity index (χ1) is 23.9. The summed E-state index contributed by atoms with van der Waals surface area (Å²) < 4.78 is 14.7. The van der Waals surface area contributed by atoms with Crippen LogP contribution in [-0.4, -0.2) is 18.3 Å². The molecule has 0 fully saturated rings. The summed E-state index contributed by atoms with van der Waals surface area (Å²) in [4.78, 5) is 0. The fourth-order valence-corrected chi connectivity index (χ4v) is 7.97. The Morgan fingerprint density at radius 1 is 0.540 bits per heavy atom. The summed E-state index contributed by atoms with van der Waals surface area (Å²) in [5, 5.41) is 13.1. The van der Waals surface area contributed by atoms with Crippen LogP contribution in [0, 0.1) is 23.7 Å². The van der Waals surface area contributed by atoms with E-state index in [4.69, 9.17) is 9.47 Å². The van der Waals surface area contributed by atoms with Gasteiger partial charge in [-0.1, -0.05) is 142 Å². The Labute approximate surface area is 318 Å². The predicted octanol–water partition coefficient (Wildman–Crippen LogP) is 13.6. The summed E-state index contributed by atoms with van der Waals surface area (Å²) in [5.74, 6) is 4.40. The quantitative estimate of drug-likeness (QED) is 0.109. The summed E-state index contributed by atoms with van der Waals surface area (Å²) in [6, 6.07) is 26.9. The molecular formula is C45H56Br2O3. The topological polar surface area (TPSA) is 38.7 Å². The van der Waals surface area contributed by atoms with E-state index in [1.165, 1.54) is 38.5 Å². The van der Waals surface area contributed by atoms with Crippen LogP contribution in [0.1, 0.15) is 110 Å². The molecule has 50 heavy (non-hydrogen) atoms.